The topological polar surface area (TPSA) is 38.9 Å². The van der Waals surface area contributed by atoms with Gasteiger partial charge in [-0.05, 0) is 34.5 Å². The highest BCUT2D eigenvalue weighted by molar-refractivity contribution is 9.10. The normalized spacial score (nSPS) is 12.7. The molecule has 0 saturated carbocycles. The summed E-state index contributed by atoms with van der Waals surface area (Å²) in [6.45, 7) is 2.22. The summed E-state index contributed by atoms with van der Waals surface area (Å²) in [6.07, 6.45) is 7.90. The van der Waals surface area contributed by atoms with Gasteiger partial charge in [-0.15, -0.1) is 0 Å². The number of nitrogens with zero attached hydrogens (tertiary/aromatic N) is 1. The first-order valence-electron chi connectivity index (χ1n) is 5.61. The maximum Gasteiger partial charge on any atom is 0.0571 e. The summed E-state index contributed by atoms with van der Waals surface area (Å²) in [7, 11) is 0. The fourth-order valence-corrected chi connectivity index (χ4v) is 1.78. The van der Waals surface area contributed by atoms with Gasteiger partial charge in [0.05, 0.1) is 5.69 Å². The van der Waals surface area contributed by atoms with Crippen LogP contribution in [-0.2, 0) is 0 Å². The molecule has 0 aliphatic carbocycles. The third-order valence-electron chi connectivity index (χ3n) is 2.50. The van der Waals surface area contributed by atoms with Crippen LogP contribution in [0.1, 0.15) is 50.8 Å². The van der Waals surface area contributed by atoms with Crippen molar-refractivity contribution in [3.8, 4) is 0 Å². The molecule has 15 heavy (non-hydrogen) atoms. The van der Waals surface area contributed by atoms with Crippen molar-refractivity contribution in [2.75, 3.05) is 0 Å². The van der Waals surface area contributed by atoms with Crippen molar-refractivity contribution in [1.82, 2.24) is 4.98 Å². The number of hydrogen-bond acceptors (Lipinski definition) is 2. The number of pyridine rings is 1. The highest BCUT2D eigenvalue weighted by atomic mass is 79.9. The average molecular weight is 271 g/mol. The minimum absolute atomic E-state index is 0.0926. The second-order valence-corrected chi connectivity index (χ2v) is 4.77. The second-order valence-electron chi connectivity index (χ2n) is 3.86. The molecular formula is C12H19BrN2. The predicted octanol–water partition coefficient (Wildman–Crippen LogP) is 3.81. The van der Waals surface area contributed by atoms with Crippen molar-refractivity contribution in [3.63, 3.8) is 0 Å². The Balaban J connectivity index is 2.33. The molecule has 0 aliphatic heterocycles. The number of rotatable bonds is 6. The number of aromatic nitrogens is 1. The molecule has 1 aromatic rings. The van der Waals surface area contributed by atoms with Gasteiger partial charge >= 0.3 is 0 Å². The summed E-state index contributed by atoms with van der Waals surface area (Å²) in [5.41, 5.74) is 7.04. The van der Waals surface area contributed by atoms with E-state index in [9.17, 15) is 0 Å². The zero-order valence-electron chi connectivity index (χ0n) is 9.25. The molecule has 0 aromatic carbocycles. The standard InChI is InChI=1S/C12H19BrN2/c1-2-3-4-5-6-11(14)12-8-7-10(13)9-15-12/h7-9,11H,2-6,14H2,1H3. The van der Waals surface area contributed by atoms with E-state index in [1.165, 1.54) is 25.7 Å². The molecule has 0 spiro atoms. The minimum atomic E-state index is 0.0926. The van der Waals surface area contributed by atoms with Crippen molar-refractivity contribution in [2.45, 2.75) is 45.1 Å². The van der Waals surface area contributed by atoms with E-state index < -0.39 is 0 Å². The summed E-state index contributed by atoms with van der Waals surface area (Å²) in [5, 5.41) is 0. The molecule has 0 saturated heterocycles. The first kappa shape index (κ1) is 12.7. The smallest absolute Gasteiger partial charge is 0.0571 e. The van der Waals surface area contributed by atoms with Crippen LogP contribution in [0.25, 0.3) is 0 Å². The van der Waals surface area contributed by atoms with E-state index in [1.807, 2.05) is 12.1 Å². The Labute approximate surface area is 100 Å². The van der Waals surface area contributed by atoms with Gasteiger partial charge in [0, 0.05) is 16.7 Å². The molecule has 3 heteroatoms. The molecule has 1 aromatic heterocycles. The molecule has 0 bridgehead atoms. The van der Waals surface area contributed by atoms with Gasteiger partial charge in [0.1, 0.15) is 0 Å². The first-order chi connectivity index (χ1) is 7.24. The largest absolute Gasteiger partial charge is 0.323 e. The molecular weight excluding hydrogens is 252 g/mol. The molecule has 0 radical (unpaired) electrons. The Bertz CT molecular complexity index is 271. The molecule has 2 N–H and O–H groups in total. The summed E-state index contributed by atoms with van der Waals surface area (Å²) >= 11 is 3.36. The van der Waals surface area contributed by atoms with E-state index in [-0.39, 0.29) is 6.04 Å². The van der Waals surface area contributed by atoms with E-state index in [1.54, 1.807) is 6.20 Å². The molecule has 1 atom stereocenters. The maximum absolute atomic E-state index is 6.05. The third-order valence-corrected chi connectivity index (χ3v) is 2.97. The molecule has 1 unspecified atom stereocenters. The maximum atomic E-state index is 6.05. The van der Waals surface area contributed by atoms with E-state index in [2.05, 4.69) is 27.8 Å². The van der Waals surface area contributed by atoms with Crippen molar-refractivity contribution >= 4 is 15.9 Å². The highest BCUT2D eigenvalue weighted by Gasteiger charge is 2.06. The summed E-state index contributed by atoms with van der Waals surface area (Å²) in [6, 6.07) is 4.08. The lowest BCUT2D eigenvalue weighted by Gasteiger charge is -2.10. The first-order valence-corrected chi connectivity index (χ1v) is 6.40. The van der Waals surface area contributed by atoms with Gasteiger partial charge in [0.15, 0.2) is 0 Å². The van der Waals surface area contributed by atoms with Crippen molar-refractivity contribution in [3.05, 3.63) is 28.5 Å². The Morgan fingerprint density at radius 3 is 2.73 bits per heavy atom. The fourth-order valence-electron chi connectivity index (χ4n) is 1.55. The van der Waals surface area contributed by atoms with Crippen molar-refractivity contribution in [2.24, 2.45) is 5.73 Å². The van der Waals surface area contributed by atoms with Crippen molar-refractivity contribution < 1.29 is 0 Å². The van der Waals surface area contributed by atoms with Crippen LogP contribution < -0.4 is 5.73 Å². The molecule has 1 rings (SSSR count). The van der Waals surface area contributed by atoms with Gasteiger partial charge < -0.3 is 5.73 Å². The Morgan fingerprint density at radius 1 is 1.33 bits per heavy atom. The number of hydrogen-bond donors (Lipinski definition) is 1. The lowest BCUT2D eigenvalue weighted by atomic mass is 10.1. The minimum Gasteiger partial charge on any atom is -0.323 e. The summed E-state index contributed by atoms with van der Waals surface area (Å²) in [4.78, 5) is 4.31. The monoisotopic (exact) mass is 270 g/mol. The number of unbranched alkanes of at least 4 members (excludes halogenated alkanes) is 3. The van der Waals surface area contributed by atoms with E-state index in [4.69, 9.17) is 5.73 Å². The van der Waals surface area contributed by atoms with Crippen LogP contribution in [0.15, 0.2) is 22.8 Å². The number of nitrogens with two attached hydrogens (primary N) is 1. The Morgan fingerprint density at radius 2 is 2.13 bits per heavy atom. The van der Waals surface area contributed by atoms with Gasteiger partial charge in [-0.2, -0.15) is 0 Å². The van der Waals surface area contributed by atoms with Crippen LogP contribution in [0.2, 0.25) is 0 Å². The highest BCUT2D eigenvalue weighted by Crippen LogP contribution is 2.17. The van der Waals surface area contributed by atoms with Gasteiger partial charge in [0.25, 0.3) is 0 Å². The second kappa shape index (κ2) is 6.96. The van der Waals surface area contributed by atoms with E-state index in [0.717, 1.165) is 16.6 Å². The lowest BCUT2D eigenvalue weighted by Crippen LogP contribution is -2.11. The fraction of sp³-hybridized carbons (Fsp3) is 0.583. The quantitative estimate of drug-likeness (QED) is 0.799. The summed E-state index contributed by atoms with van der Waals surface area (Å²) < 4.78 is 1.00. The lowest BCUT2D eigenvalue weighted by molar-refractivity contribution is 0.557. The van der Waals surface area contributed by atoms with Gasteiger partial charge in [0.2, 0.25) is 0 Å². The molecule has 2 nitrogen and oxygen atoms in total. The predicted molar refractivity (Wildman–Crippen MR) is 67.6 cm³/mol. The molecule has 0 aliphatic rings. The van der Waals surface area contributed by atoms with Crippen LogP contribution in [-0.4, -0.2) is 4.98 Å². The van der Waals surface area contributed by atoms with E-state index in [0.29, 0.717) is 0 Å². The van der Waals surface area contributed by atoms with Crippen molar-refractivity contribution in [1.29, 1.82) is 0 Å². The summed E-state index contributed by atoms with van der Waals surface area (Å²) in [5.74, 6) is 0. The molecule has 1 heterocycles. The zero-order valence-corrected chi connectivity index (χ0v) is 10.8. The van der Waals surface area contributed by atoms with Crippen LogP contribution >= 0.6 is 15.9 Å². The van der Waals surface area contributed by atoms with Crippen LogP contribution in [0.5, 0.6) is 0 Å². The van der Waals surface area contributed by atoms with Gasteiger partial charge in [-0.25, -0.2) is 0 Å². The Hall–Kier alpha value is -0.410. The van der Waals surface area contributed by atoms with E-state index >= 15 is 0 Å². The van der Waals surface area contributed by atoms with Crippen LogP contribution in [0.4, 0.5) is 0 Å². The average Bonchev–Trinajstić information content (AvgIpc) is 2.25. The molecule has 0 amide bonds. The number of halogens is 1. The third kappa shape index (κ3) is 4.76. The molecule has 0 fully saturated rings. The molecule has 84 valence electrons. The Kier molecular flexibility index (Phi) is 5.88. The zero-order chi connectivity index (χ0) is 11.1. The van der Waals surface area contributed by atoms with Gasteiger partial charge in [-0.3, -0.25) is 4.98 Å². The van der Waals surface area contributed by atoms with Gasteiger partial charge in [-0.1, -0.05) is 32.6 Å². The van der Waals surface area contributed by atoms with Crippen LogP contribution in [0, 0.1) is 0 Å². The van der Waals surface area contributed by atoms with Crippen LogP contribution in [0.3, 0.4) is 0 Å². The SMILES string of the molecule is CCCCCCC(N)c1ccc(Br)cn1.